The average molecular weight is 290 g/mol. The minimum absolute atomic E-state index is 0.272. The lowest BCUT2D eigenvalue weighted by atomic mass is 10.2. The van der Waals surface area contributed by atoms with Crippen LogP contribution in [0.2, 0.25) is 0 Å². The first-order chi connectivity index (χ1) is 10.2. The zero-order valence-electron chi connectivity index (χ0n) is 12.0. The molecular weight excluding hydrogens is 271 g/mol. The Bertz CT molecular complexity index is 562. The normalized spacial score (nSPS) is 10.4. The lowest BCUT2D eigenvalue weighted by molar-refractivity contribution is 0.325. The molecule has 0 aliphatic rings. The van der Waals surface area contributed by atoms with Gasteiger partial charge in [0.15, 0.2) is 5.82 Å². The van der Waals surface area contributed by atoms with Crippen molar-refractivity contribution in [3.63, 3.8) is 0 Å². The van der Waals surface area contributed by atoms with Crippen LogP contribution in [0.1, 0.15) is 13.3 Å². The molecule has 0 spiro atoms. The standard InChI is InChI=1S/C15H19FN4O/c1-2-21-15-11-18-10-14(19-15)20(9-3-8-17)13-6-4-12(16)5-7-13/h4-7,10-11H,2-3,8-9,17H2,1H3. The summed E-state index contributed by atoms with van der Waals surface area (Å²) < 4.78 is 18.5. The maximum atomic E-state index is 13.1. The average Bonchev–Trinajstić information content (AvgIpc) is 2.50. The van der Waals surface area contributed by atoms with Gasteiger partial charge in [-0.2, -0.15) is 4.98 Å². The number of halogens is 1. The van der Waals surface area contributed by atoms with Crippen LogP contribution >= 0.6 is 0 Å². The second kappa shape index (κ2) is 7.54. The van der Waals surface area contributed by atoms with E-state index in [4.69, 9.17) is 10.5 Å². The van der Waals surface area contributed by atoms with Crippen LogP contribution in [-0.4, -0.2) is 29.7 Å². The van der Waals surface area contributed by atoms with Crippen molar-refractivity contribution >= 4 is 11.5 Å². The van der Waals surface area contributed by atoms with Gasteiger partial charge in [0, 0.05) is 12.2 Å². The smallest absolute Gasteiger partial charge is 0.234 e. The maximum absolute atomic E-state index is 13.1. The van der Waals surface area contributed by atoms with E-state index >= 15 is 0 Å². The molecule has 1 aromatic heterocycles. The molecule has 2 N–H and O–H groups in total. The Kier molecular flexibility index (Phi) is 5.45. The summed E-state index contributed by atoms with van der Waals surface area (Å²) in [7, 11) is 0. The molecule has 0 aliphatic carbocycles. The van der Waals surface area contributed by atoms with Gasteiger partial charge in [-0.05, 0) is 44.2 Å². The summed E-state index contributed by atoms with van der Waals surface area (Å²) in [5, 5.41) is 0. The zero-order chi connectivity index (χ0) is 15.1. The molecular formula is C15H19FN4O. The molecule has 0 amide bonds. The van der Waals surface area contributed by atoms with E-state index in [2.05, 4.69) is 9.97 Å². The van der Waals surface area contributed by atoms with Gasteiger partial charge in [-0.1, -0.05) is 0 Å². The molecule has 1 heterocycles. The molecule has 6 heteroatoms. The number of hydrogen-bond acceptors (Lipinski definition) is 5. The van der Waals surface area contributed by atoms with E-state index in [1.165, 1.54) is 12.1 Å². The molecule has 0 bridgehead atoms. The number of ether oxygens (including phenoxy) is 1. The topological polar surface area (TPSA) is 64.3 Å². The minimum Gasteiger partial charge on any atom is -0.477 e. The van der Waals surface area contributed by atoms with E-state index in [0.717, 1.165) is 12.1 Å². The van der Waals surface area contributed by atoms with Crippen molar-refractivity contribution in [2.24, 2.45) is 5.73 Å². The van der Waals surface area contributed by atoms with Gasteiger partial charge < -0.3 is 15.4 Å². The third kappa shape index (κ3) is 4.13. The van der Waals surface area contributed by atoms with Crippen LogP contribution in [0.15, 0.2) is 36.7 Å². The van der Waals surface area contributed by atoms with E-state index < -0.39 is 0 Å². The Balaban J connectivity index is 2.30. The van der Waals surface area contributed by atoms with Crippen molar-refractivity contribution in [2.75, 3.05) is 24.6 Å². The van der Waals surface area contributed by atoms with Crippen molar-refractivity contribution in [1.29, 1.82) is 0 Å². The lowest BCUT2D eigenvalue weighted by Gasteiger charge is -2.23. The van der Waals surface area contributed by atoms with Gasteiger partial charge in [0.2, 0.25) is 5.88 Å². The summed E-state index contributed by atoms with van der Waals surface area (Å²) in [6.45, 7) is 3.65. The highest BCUT2D eigenvalue weighted by Crippen LogP contribution is 2.24. The summed E-state index contributed by atoms with van der Waals surface area (Å²) >= 11 is 0. The molecule has 0 saturated heterocycles. The Morgan fingerprint density at radius 3 is 2.67 bits per heavy atom. The minimum atomic E-state index is -0.272. The number of rotatable bonds is 7. The second-order valence-electron chi connectivity index (χ2n) is 4.42. The quantitative estimate of drug-likeness (QED) is 0.848. The van der Waals surface area contributed by atoms with Gasteiger partial charge in [0.1, 0.15) is 5.82 Å². The van der Waals surface area contributed by atoms with Gasteiger partial charge >= 0.3 is 0 Å². The summed E-state index contributed by atoms with van der Waals surface area (Å²) in [4.78, 5) is 10.5. The molecule has 1 aromatic carbocycles. The van der Waals surface area contributed by atoms with Gasteiger partial charge in [0.25, 0.3) is 0 Å². The number of aromatic nitrogens is 2. The van der Waals surface area contributed by atoms with Crippen LogP contribution in [0.25, 0.3) is 0 Å². The number of hydrogen-bond donors (Lipinski definition) is 1. The van der Waals surface area contributed by atoms with Crippen molar-refractivity contribution in [3.8, 4) is 5.88 Å². The number of nitrogens with two attached hydrogens (primary N) is 1. The van der Waals surface area contributed by atoms with E-state index in [1.807, 2.05) is 11.8 Å². The predicted molar refractivity (Wildman–Crippen MR) is 80.3 cm³/mol. The monoisotopic (exact) mass is 290 g/mol. The zero-order valence-corrected chi connectivity index (χ0v) is 12.0. The Hall–Kier alpha value is -2.21. The molecule has 0 atom stereocenters. The van der Waals surface area contributed by atoms with E-state index in [9.17, 15) is 4.39 Å². The Labute approximate surface area is 123 Å². The number of benzene rings is 1. The first-order valence-electron chi connectivity index (χ1n) is 6.92. The molecule has 21 heavy (non-hydrogen) atoms. The third-order valence-electron chi connectivity index (χ3n) is 2.89. The van der Waals surface area contributed by atoms with Gasteiger partial charge in [-0.3, -0.25) is 4.98 Å². The molecule has 0 saturated carbocycles. The molecule has 0 radical (unpaired) electrons. The second-order valence-corrected chi connectivity index (χ2v) is 4.42. The van der Waals surface area contributed by atoms with Crippen molar-refractivity contribution < 1.29 is 9.13 Å². The van der Waals surface area contributed by atoms with E-state index in [1.54, 1.807) is 24.5 Å². The molecule has 2 aromatic rings. The predicted octanol–water partition coefficient (Wildman–Crippen LogP) is 2.50. The lowest BCUT2D eigenvalue weighted by Crippen LogP contribution is -2.22. The molecule has 112 valence electrons. The van der Waals surface area contributed by atoms with Crippen LogP contribution in [0, 0.1) is 5.82 Å². The molecule has 2 rings (SSSR count). The molecule has 0 unspecified atom stereocenters. The maximum Gasteiger partial charge on any atom is 0.234 e. The van der Waals surface area contributed by atoms with Gasteiger partial charge in [0.05, 0.1) is 19.0 Å². The summed E-state index contributed by atoms with van der Waals surface area (Å²) in [6, 6.07) is 6.26. The van der Waals surface area contributed by atoms with E-state index in [0.29, 0.717) is 31.4 Å². The van der Waals surface area contributed by atoms with Crippen LogP contribution in [-0.2, 0) is 0 Å². The molecule has 0 aliphatic heterocycles. The molecule has 5 nitrogen and oxygen atoms in total. The fourth-order valence-corrected chi connectivity index (χ4v) is 1.93. The Morgan fingerprint density at radius 2 is 2.00 bits per heavy atom. The largest absolute Gasteiger partial charge is 0.477 e. The summed E-state index contributed by atoms with van der Waals surface area (Å²) in [5.74, 6) is 0.850. The van der Waals surface area contributed by atoms with Crippen LogP contribution in [0.4, 0.5) is 15.9 Å². The summed E-state index contributed by atoms with van der Waals surface area (Å²) in [6.07, 6.45) is 4.01. The molecule has 0 fully saturated rings. The van der Waals surface area contributed by atoms with Gasteiger partial charge in [-0.25, -0.2) is 4.39 Å². The van der Waals surface area contributed by atoms with E-state index in [-0.39, 0.29) is 5.82 Å². The first-order valence-corrected chi connectivity index (χ1v) is 6.92. The fraction of sp³-hybridized carbons (Fsp3) is 0.333. The number of anilines is 2. The fourth-order valence-electron chi connectivity index (χ4n) is 1.93. The highest BCUT2D eigenvalue weighted by Gasteiger charge is 2.12. The van der Waals surface area contributed by atoms with Crippen molar-refractivity contribution in [1.82, 2.24) is 9.97 Å². The number of nitrogens with zero attached hydrogens (tertiary/aromatic N) is 3. The Morgan fingerprint density at radius 1 is 1.24 bits per heavy atom. The van der Waals surface area contributed by atoms with Gasteiger partial charge in [-0.15, -0.1) is 0 Å². The first kappa shape index (κ1) is 15.2. The SMILES string of the molecule is CCOc1cncc(N(CCCN)c2ccc(F)cc2)n1. The summed E-state index contributed by atoms with van der Waals surface area (Å²) in [5.41, 5.74) is 6.43. The van der Waals surface area contributed by atoms with Crippen LogP contribution in [0.3, 0.4) is 0 Å². The van der Waals surface area contributed by atoms with Crippen molar-refractivity contribution in [3.05, 3.63) is 42.5 Å². The third-order valence-corrected chi connectivity index (χ3v) is 2.89. The highest BCUT2D eigenvalue weighted by molar-refractivity contribution is 5.59. The highest BCUT2D eigenvalue weighted by atomic mass is 19.1. The van der Waals surface area contributed by atoms with Crippen molar-refractivity contribution in [2.45, 2.75) is 13.3 Å². The van der Waals surface area contributed by atoms with Crippen LogP contribution < -0.4 is 15.4 Å². The van der Waals surface area contributed by atoms with Crippen LogP contribution in [0.5, 0.6) is 5.88 Å².